The molecule has 0 saturated heterocycles. The number of non-ortho nitro benzene ring substituents is 2. The highest BCUT2D eigenvalue weighted by Crippen LogP contribution is 2.42. The van der Waals surface area contributed by atoms with Gasteiger partial charge in [-0.25, -0.2) is 0 Å². The molecular formula is C36H40Cl2N6O8. The number of halogens is 2. The Kier molecular flexibility index (Phi) is 13.0. The highest BCUT2D eigenvalue weighted by atomic mass is 35.5. The van der Waals surface area contributed by atoms with Crippen LogP contribution in [0.3, 0.4) is 0 Å². The number of nitro groups is 2. The SMILES string of the molecule is C[N+](C)(CCNc1ccc(NCC[N+](C)(C)Cc2ccc([N+](=O)[O-])cc2)c2c1C(=O)c1c(O)ccc(O)c1C2=O)Cc1ccc([N+](=O)[O-])cc1.[Cl-].[Cl-]. The fourth-order valence-corrected chi connectivity index (χ4v) is 6.24. The van der Waals surface area contributed by atoms with Gasteiger partial charge in [0.2, 0.25) is 11.6 Å². The molecule has 0 radical (unpaired) electrons. The lowest BCUT2D eigenvalue weighted by Gasteiger charge is -2.31. The zero-order chi connectivity index (χ0) is 36.4. The second-order valence-electron chi connectivity index (χ2n) is 13.8. The molecule has 0 atom stereocenters. The van der Waals surface area contributed by atoms with Gasteiger partial charge in [-0.15, -0.1) is 0 Å². The minimum Gasteiger partial charge on any atom is -1.00 e. The molecule has 276 valence electrons. The molecule has 0 amide bonds. The van der Waals surface area contributed by atoms with E-state index in [1.54, 1.807) is 36.4 Å². The minimum absolute atomic E-state index is 0. The largest absolute Gasteiger partial charge is 1.00 e. The van der Waals surface area contributed by atoms with Gasteiger partial charge >= 0.3 is 0 Å². The molecule has 0 aliphatic heterocycles. The van der Waals surface area contributed by atoms with Crippen molar-refractivity contribution in [2.45, 2.75) is 13.1 Å². The van der Waals surface area contributed by atoms with E-state index in [2.05, 4.69) is 10.6 Å². The Morgan fingerprint density at radius 3 is 1.19 bits per heavy atom. The Labute approximate surface area is 313 Å². The van der Waals surface area contributed by atoms with Crippen LogP contribution >= 0.6 is 0 Å². The number of aromatic hydroxyl groups is 2. The van der Waals surface area contributed by atoms with Crippen molar-refractivity contribution in [3.63, 3.8) is 0 Å². The third-order valence-electron chi connectivity index (χ3n) is 8.86. The number of carbonyl (C=O) groups is 2. The maximum absolute atomic E-state index is 14.0. The molecule has 0 aromatic heterocycles. The molecule has 16 heteroatoms. The number of phenolic OH excluding ortho intramolecular Hbond substituents is 2. The number of nitrogens with zero attached hydrogens (tertiary/aromatic N) is 4. The third-order valence-corrected chi connectivity index (χ3v) is 8.86. The van der Waals surface area contributed by atoms with Crippen molar-refractivity contribution in [3.05, 3.63) is 126 Å². The predicted molar refractivity (Wildman–Crippen MR) is 188 cm³/mol. The van der Waals surface area contributed by atoms with E-state index in [1.165, 1.54) is 36.4 Å². The van der Waals surface area contributed by atoms with Gasteiger partial charge in [0.1, 0.15) is 24.6 Å². The van der Waals surface area contributed by atoms with Crippen LogP contribution in [0.1, 0.15) is 43.0 Å². The molecule has 14 nitrogen and oxygen atoms in total. The zero-order valence-electron chi connectivity index (χ0n) is 29.1. The van der Waals surface area contributed by atoms with Crippen molar-refractivity contribution in [1.29, 1.82) is 0 Å². The summed E-state index contributed by atoms with van der Waals surface area (Å²) in [6.45, 7) is 3.20. The van der Waals surface area contributed by atoms with E-state index >= 15 is 0 Å². The standard InChI is InChI=1S/C36H38N6O8.2ClH/c1-41(2,21-23-5-9-25(10-6-23)39(47)48)19-17-37-27-13-14-28(32-31(27)35(45)33-29(43)15-16-30(44)34(33)36(32)46)38-18-20-42(3,4)22-24-7-11-26(12-8-24)40(49)50;;/h5-16H,17-22H2,1-4H3,(H2-2,37,38,43,44,45,46);2*1H. The average molecular weight is 756 g/mol. The summed E-state index contributed by atoms with van der Waals surface area (Å²) in [6.07, 6.45) is 0. The number of hydrogen-bond donors (Lipinski definition) is 4. The predicted octanol–water partition coefficient (Wildman–Crippen LogP) is -0.925. The van der Waals surface area contributed by atoms with Gasteiger partial charge in [0.05, 0.1) is 86.5 Å². The number of phenols is 2. The van der Waals surface area contributed by atoms with Crippen LogP contribution in [-0.2, 0) is 13.1 Å². The van der Waals surface area contributed by atoms with Crippen LogP contribution in [0.5, 0.6) is 11.5 Å². The molecule has 1 aliphatic carbocycles. The Bertz CT molecular complexity index is 1850. The zero-order valence-corrected chi connectivity index (χ0v) is 30.6. The number of hydrogen-bond acceptors (Lipinski definition) is 10. The Morgan fingerprint density at radius 2 is 0.885 bits per heavy atom. The Balaban J connectivity index is 0.00000364. The van der Waals surface area contributed by atoms with Gasteiger partial charge in [-0.05, 0) is 48.5 Å². The van der Waals surface area contributed by atoms with Crippen molar-refractivity contribution >= 4 is 34.3 Å². The summed E-state index contributed by atoms with van der Waals surface area (Å²) in [7, 11) is 8.05. The van der Waals surface area contributed by atoms with Crippen LogP contribution in [0.25, 0.3) is 0 Å². The van der Waals surface area contributed by atoms with E-state index < -0.39 is 32.9 Å². The molecule has 4 aromatic rings. The van der Waals surface area contributed by atoms with Crippen LogP contribution in [-0.4, -0.2) is 95.0 Å². The van der Waals surface area contributed by atoms with Gasteiger partial charge in [-0.3, -0.25) is 29.8 Å². The first-order chi connectivity index (χ1) is 23.6. The molecule has 0 saturated carbocycles. The van der Waals surface area contributed by atoms with E-state index in [-0.39, 0.29) is 58.4 Å². The van der Waals surface area contributed by atoms with Crippen molar-refractivity contribution in [2.24, 2.45) is 0 Å². The number of rotatable bonds is 14. The highest BCUT2D eigenvalue weighted by molar-refractivity contribution is 6.33. The minimum atomic E-state index is -0.594. The third kappa shape index (κ3) is 9.14. The number of likely N-dealkylation sites (N-methyl/N-ethyl adjacent to an activating group) is 2. The molecule has 4 aromatic carbocycles. The molecule has 5 rings (SSSR count). The molecule has 0 bridgehead atoms. The van der Waals surface area contributed by atoms with Gasteiger partial charge in [0.25, 0.3) is 11.4 Å². The first-order valence-corrected chi connectivity index (χ1v) is 16.0. The summed E-state index contributed by atoms with van der Waals surface area (Å²) in [5.41, 5.74) is 2.38. The first-order valence-electron chi connectivity index (χ1n) is 16.0. The smallest absolute Gasteiger partial charge is 0.269 e. The van der Waals surface area contributed by atoms with Gasteiger partial charge in [-0.2, -0.15) is 0 Å². The molecule has 1 aliphatic rings. The number of nitrogens with one attached hydrogen (secondary N) is 2. The number of ketones is 2. The summed E-state index contributed by atoms with van der Waals surface area (Å²) in [6, 6.07) is 18.6. The van der Waals surface area contributed by atoms with E-state index in [4.69, 9.17) is 0 Å². The fraction of sp³-hybridized carbons (Fsp3) is 0.278. The maximum Gasteiger partial charge on any atom is 0.269 e. The second-order valence-corrected chi connectivity index (χ2v) is 13.8. The van der Waals surface area contributed by atoms with Gasteiger partial charge in [0.15, 0.2) is 0 Å². The van der Waals surface area contributed by atoms with E-state index in [0.29, 0.717) is 59.6 Å². The molecule has 52 heavy (non-hydrogen) atoms. The molecule has 0 unspecified atom stereocenters. The van der Waals surface area contributed by atoms with E-state index in [9.17, 15) is 40.0 Å². The number of benzene rings is 4. The van der Waals surface area contributed by atoms with Gasteiger partial charge < -0.3 is 54.6 Å². The van der Waals surface area contributed by atoms with E-state index in [1.807, 2.05) is 28.2 Å². The molecular weight excluding hydrogens is 715 g/mol. The summed E-state index contributed by atoms with van der Waals surface area (Å²) in [5.74, 6) is -2.00. The number of quaternary nitrogens is 2. The topological polar surface area (TPSA) is 185 Å². The van der Waals surface area contributed by atoms with Crippen LogP contribution in [0.4, 0.5) is 22.7 Å². The first kappa shape index (κ1) is 41.1. The number of fused-ring (bicyclic) bond motifs is 2. The van der Waals surface area contributed by atoms with Crippen LogP contribution in [0, 0.1) is 20.2 Å². The quantitative estimate of drug-likeness (QED) is 0.0479. The van der Waals surface area contributed by atoms with Crippen molar-refractivity contribution in [1.82, 2.24) is 0 Å². The number of nitro benzene ring substituents is 2. The van der Waals surface area contributed by atoms with Gasteiger partial charge in [0, 0.05) is 46.8 Å². The number of carbonyl (C=O) groups excluding carboxylic acids is 2. The average Bonchev–Trinajstić information content (AvgIpc) is 3.05. The summed E-state index contributed by atoms with van der Waals surface area (Å²) >= 11 is 0. The lowest BCUT2D eigenvalue weighted by atomic mass is 9.81. The van der Waals surface area contributed by atoms with Crippen molar-refractivity contribution in [3.8, 4) is 11.5 Å². The molecule has 4 N–H and O–H groups in total. The summed E-state index contributed by atoms with van der Waals surface area (Å²) in [4.78, 5) is 49.1. The Morgan fingerprint density at radius 1 is 0.558 bits per heavy atom. The molecule has 0 spiro atoms. The van der Waals surface area contributed by atoms with Crippen molar-refractivity contribution < 1.29 is 63.4 Å². The van der Waals surface area contributed by atoms with Gasteiger partial charge in [-0.1, -0.05) is 0 Å². The monoisotopic (exact) mass is 754 g/mol. The lowest BCUT2D eigenvalue weighted by molar-refractivity contribution is -0.902. The van der Waals surface area contributed by atoms with E-state index in [0.717, 1.165) is 11.1 Å². The number of anilines is 2. The Hall–Kier alpha value is -5.28. The second kappa shape index (κ2) is 16.4. The van der Waals surface area contributed by atoms with Crippen molar-refractivity contribution in [2.75, 3.05) is 65.0 Å². The summed E-state index contributed by atoms with van der Waals surface area (Å²) < 4.78 is 1.04. The molecule has 0 heterocycles. The normalized spacial score (nSPS) is 12.2. The lowest BCUT2D eigenvalue weighted by Crippen LogP contribution is -3.00. The summed E-state index contributed by atoms with van der Waals surface area (Å²) in [5, 5.41) is 49.9. The highest BCUT2D eigenvalue weighted by Gasteiger charge is 2.38. The van der Waals surface area contributed by atoms with Crippen LogP contribution in [0.15, 0.2) is 72.8 Å². The fourth-order valence-electron chi connectivity index (χ4n) is 6.24. The van der Waals surface area contributed by atoms with Crippen LogP contribution < -0.4 is 35.4 Å². The maximum atomic E-state index is 14.0. The van der Waals surface area contributed by atoms with Crippen LogP contribution in [0.2, 0.25) is 0 Å². The molecule has 0 fully saturated rings.